The van der Waals surface area contributed by atoms with E-state index >= 15 is 0 Å². The van der Waals surface area contributed by atoms with Gasteiger partial charge in [-0.1, -0.05) is 23.7 Å². The van der Waals surface area contributed by atoms with Crippen LogP contribution in [0.5, 0.6) is 0 Å². The number of sulfonamides is 1. The predicted molar refractivity (Wildman–Crippen MR) is 101 cm³/mol. The number of esters is 1. The summed E-state index contributed by atoms with van der Waals surface area (Å²) < 4.78 is 31.4. The Bertz CT molecular complexity index is 851. The monoisotopic (exact) mass is 479 g/mol. The third-order valence-corrected chi connectivity index (χ3v) is 6.22. The molecule has 128 valence electrons. The van der Waals surface area contributed by atoms with Crippen molar-refractivity contribution in [1.82, 2.24) is 4.31 Å². The maximum Gasteiger partial charge on any atom is 0.339 e. The maximum atomic E-state index is 12.3. The van der Waals surface area contributed by atoms with Crippen LogP contribution in [0.4, 0.5) is 0 Å². The molecule has 0 bridgehead atoms. The molecular formula is C16H15ClINO4S. The number of halogens is 2. The quantitative estimate of drug-likeness (QED) is 0.486. The highest BCUT2D eigenvalue weighted by Crippen LogP contribution is 2.21. The first-order chi connectivity index (χ1) is 11.2. The van der Waals surface area contributed by atoms with E-state index in [1.807, 2.05) is 22.6 Å². The Hall–Kier alpha value is -1.16. The fourth-order valence-electron chi connectivity index (χ4n) is 1.84. The Balaban J connectivity index is 2.21. The lowest BCUT2D eigenvalue weighted by Crippen LogP contribution is -2.22. The van der Waals surface area contributed by atoms with Crippen LogP contribution in [-0.4, -0.2) is 32.8 Å². The van der Waals surface area contributed by atoms with E-state index in [4.69, 9.17) is 16.3 Å². The molecule has 0 atom stereocenters. The first-order valence-electron chi connectivity index (χ1n) is 6.85. The van der Waals surface area contributed by atoms with Crippen molar-refractivity contribution >= 4 is 50.2 Å². The van der Waals surface area contributed by atoms with Crippen LogP contribution in [0.15, 0.2) is 47.4 Å². The highest BCUT2D eigenvalue weighted by atomic mass is 127. The Morgan fingerprint density at radius 3 is 2.38 bits per heavy atom. The molecule has 0 saturated carbocycles. The van der Waals surface area contributed by atoms with Crippen molar-refractivity contribution in [3.05, 3.63) is 62.2 Å². The van der Waals surface area contributed by atoms with Crippen LogP contribution in [0.25, 0.3) is 0 Å². The highest BCUT2D eigenvalue weighted by Gasteiger charge is 2.21. The van der Waals surface area contributed by atoms with Gasteiger partial charge in [-0.3, -0.25) is 0 Å². The van der Waals surface area contributed by atoms with E-state index in [9.17, 15) is 13.2 Å². The lowest BCUT2D eigenvalue weighted by Gasteiger charge is -2.13. The van der Waals surface area contributed by atoms with Crippen LogP contribution in [-0.2, 0) is 21.4 Å². The minimum Gasteiger partial charge on any atom is -0.457 e. The van der Waals surface area contributed by atoms with Gasteiger partial charge in [0.25, 0.3) is 0 Å². The summed E-state index contributed by atoms with van der Waals surface area (Å²) in [6.45, 7) is 0.0801. The lowest BCUT2D eigenvalue weighted by atomic mass is 10.2. The van der Waals surface area contributed by atoms with Gasteiger partial charge < -0.3 is 4.74 Å². The van der Waals surface area contributed by atoms with Gasteiger partial charge in [-0.25, -0.2) is 17.5 Å². The van der Waals surface area contributed by atoms with Gasteiger partial charge in [-0.2, -0.15) is 0 Å². The minimum absolute atomic E-state index is 0.0476. The average molecular weight is 480 g/mol. The van der Waals surface area contributed by atoms with Crippen molar-refractivity contribution in [2.45, 2.75) is 11.5 Å². The summed E-state index contributed by atoms with van der Waals surface area (Å²) in [4.78, 5) is 12.3. The van der Waals surface area contributed by atoms with Gasteiger partial charge in [0, 0.05) is 22.7 Å². The van der Waals surface area contributed by atoms with Crippen molar-refractivity contribution in [3.8, 4) is 0 Å². The predicted octanol–water partition coefficient (Wildman–Crippen LogP) is 3.55. The van der Waals surface area contributed by atoms with Crippen LogP contribution in [0.1, 0.15) is 15.9 Å². The molecule has 0 radical (unpaired) electrons. The molecule has 0 aromatic heterocycles. The van der Waals surface area contributed by atoms with Crippen LogP contribution in [0, 0.1) is 3.57 Å². The van der Waals surface area contributed by atoms with Crippen molar-refractivity contribution < 1.29 is 17.9 Å². The second-order valence-electron chi connectivity index (χ2n) is 5.13. The average Bonchev–Trinajstić information content (AvgIpc) is 2.54. The summed E-state index contributed by atoms with van der Waals surface area (Å²) in [5.41, 5.74) is 1.01. The summed E-state index contributed by atoms with van der Waals surface area (Å²) in [7, 11) is -0.741. The van der Waals surface area contributed by atoms with E-state index in [2.05, 4.69) is 0 Å². The second kappa shape index (κ2) is 7.81. The standard InChI is InChI=1S/C16H15ClINO4S/c1-19(2)24(21,22)13-7-8-15(18)14(9-13)16(20)23-10-11-3-5-12(17)6-4-11/h3-9H,10H2,1-2H3. The Labute approximate surface area is 159 Å². The molecule has 0 fully saturated rings. The zero-order valence-electron chi connectivity index (χ0n) is 13.0. The molecule has 0 saturated heterocycles. The molecule has 2 rings (SSSR count). The largest absolute Gasteiger partial charge is 0.457 e. The molecule has 0 aliphatic rings. The fraction of sp³-hybridized carbons (Fsp3) is 0.188. The Kier molecular flexibility index (Phi) is 6.24. The maximum absolute atomic E-state index is 12.3. The van der Waals surface area contributed by atoms with E-state index in [1.54, 1.807) is 30.3 Å². The zero-order chi connectivity index (χ0) is 17.9. The van der Waals surface area contributed by atoms with Gasteiger partial charge in [0.1, 0.15) is 6.61 Å². The van der Waals surface area contributed by atoms with Gasteiger partial charge in [-0.05, 0) is 58.5 Å². The summed E-state index contributed by atoms with van der Waals surface area (Å²) in [6, 6.07) is 11.3. The minimum atomic E-state index is -3.61. The number of carbonyl (C=O) groups is 1. The topological polar surface area (TPSA) is 63.7 Å². The molecule has 2 aromatic carbocycles. The number of nitrogens with zero attached hydrogens (tertiary/aromatic N) is 1. The number of hydrogen-bond acceptors (Lipinski definition) is 4. The third kappa shape index (κ3) is 4.47. The Morgan fingerprint density at radius 1 is 1.17 bits per heavy atom. The number of hydrogen-bond donors (Lipinski definition) is 0. The number of rotatable bonds is 5. The van der Waals surface area contributed by atoms with E-state index in [-0.39, 0.29) is 17.1 Å². The van der Waals surface area contributed by atoms with Crippen molar-refractivity contribution in [1.29, 1.82) is 0 Å². The van der Waals surface area contributed by atoms with E-state index in [1.165, 1.54) is 26.2 Å². The summed E-state index contributed by atoms with van der Waals surface area (Å²) >= 11 is 7.78. The molecule has 0 aliphatic carbocycles. The zero-order valence-corrected chi connectivity index (χ0v) is 16.7. The molecule has 0 spiro atoms. The van der Waals surface area contributed by atoms with Crippen LogP contribution < -0.4 is 0 Å². The molecule has 0 heterocycles. The van der Waals surface area contributed by atoms with Gasteiger partial charge in [0.2, 0.25) is 10.0 Å². The molecule has 0 unspecified atom stereocenters. The molecule has 0 N–H and O–H groups in total. The van der Waals surface area contributed by atoms with Crippen molar-refractivity contribution in [2.24, 2.45) is 0 Å². The summed E-state index contributed by atoms with van der Waals surface area (Å²) in [6.07, 6.45) is 0. The fourth-order valence-corrected chi connectivity index (χ4v) is 3.45. The molecule has 0 aliphatic heterocycles. The SMILES string of the molecule is CN(C)S(=O)(=O)c1ccc(I)c(C(=O)OCc2ccc(Cl)cc2)c1. The lowest BCUT2D eigenvalue weighted by molar-refractivity contribution is 0.0471. The summed E-state index contributed by atoms with van der Waals surface area (Å²) in [5.74, 6) is -0.579. The van der Waals surface area contributed by atoms with E-state index < -0.39 is 16.0 Å². The summed E-state index contributed by atoms with van der Waals surface area (Å²) in [5, 5.41) is 0.598. The van der Waals surface area contributed by atoms with Crippen molar-refractivity contribution in [3.63, 3.8) is 0 Å². The van der Waals surface area contributed by atoms with E-state index in [0.29, 0.717) is 8.59 Å². The molecule has 5 nitrogen and oxygen atoms in total. The van der Waals surface area contributed by atoms with E-state index in [0.717, 1.165) is 9.87 Å². The molecule has 0 amide bonds. The second-order valence-corrected chi connectivity index (χ2v) is 8.88. The number of benzene rings is 2. The van der Waals surface area contributed by atoms with Crippen LogP contribution in [0.2, 0.25) is 5.02 Å². The number of carbonyl (C=O) groups excluding carboxylic acids is 1. The van der Waals surface area contributed by atoms with Crippen molar-refractivity contribution in [2.75, 3.05) is 14.1 Å². The smallest absolute Gasteiger partial charge is 0.339 e. The molecular weight excluding hydrogens is 465 g/mol. The van der Waals surface area contributed by atoms with Crippen LogP contribution in [0.3, 0.4) is 0 Å². The molecule has 2 aromatic rings. The van der Waals surface area contributed by atoms with Crippen LogP contribution >= 0.6 is 34.2 Å². The van der Waals surface area contributed by atoms with Gasteiger partial charge in [0.05, 0.1) is 10.5 Å². The number of ether oxygens (including phenoxy) is 1. The third-order valence-electron chi connectivity index (χ3n) is 3.22. The highest BCUT2D eigenvalue weighted by molar-refractivity contribution is 14.1. The normalized spacial score (nSPS) is 11.5. The van der Waals surface area contributed by atoms with Gasteiger partial charge in [0.15, 0.2) is 0 Å². The molecule has 8 heteroatoms. The first-order valence-corrected chi connectivity index (χ1v) is 9.75. The van der Waals surface area contributed by atoms with Gasteiger partial charge >= 0.3 is 5.97 Å². The first kappa shape index (κ1) is 19.2. The van der Waals surface area contributed by atoms with Gasteiger partial charge in [-0.15, -0.1) is 0 Å². The molecule has 24 heavy (non-hydrogen) atoms. The Morgan fingerprint density at radius 2 is 1.79 bits per heavy atom.